The van der Waals surface area contributed by atoms with Crippen molar-refractivity contribution in [1.29, 1.82) is 0 Å². The molecule has 0 spiro atoms. The summed E-state index contributed by atoms with van der Waals surface area (Å²) < 4.78 is 0. The highest BCUT2D eigenvalue weighted by Crippen LogP contribution is 2.24. The second-order valence-electron chi connectivity index (χ2n) is 3.59. The fourth-order valence-corrected chi connectivity index (χ4v) is 1.33. The van der Waals surface area contributed by atoms with E-state index in [1.165, 1.54) is 12.1 Å². The van der Waals surface area contributed by atoms with Crippen molar-refractivity contribution in [2.24, 2.45) is 0 Å². The van der Waals surface area contributed by atoms with E-state index >= 15 is 0 Å². The Kier molecular flexibility index (Phi) is 4.07. The van der Waals surface area contributed by atoms with E-state index in [0.29, 0.717) is 17.8 Å². The number of hydrogen-bond acceptors (Lipinski definition) is 5. The van der Waals surface area contributed by atoms with Gasteiger partial charge in [-0.3, -0.25) is 10.1 Å². The highest BCUT2D eigenvalue weighted by Gasteiger charge is 2.09. The highest BCUT2D eigenvalue weighted by molar-refractivity contribution is 5.69. The molecule has 0 heterocycles. The van der Waals surface area contributed by atoms with Crippen LogP contribution in [0.1, 0.15) is 13.3 Å². The molecule has 0 radical (unpaired) electrons. The summed E-state index contributed by atoms with van der Waals surface area (Å²) in [6, 6.07) is 4.34. The van der Waals surface area contributed by atoms with E-state index in [0.717, 1.165) is 0 Å². The normalized spacial score (nSPS) is 12.1. The Morgan fingerprint density at radius 1 is 1.62 bits per heavy atom. The van der Waals surface area contributed by atoms with Crippen LogP contribution in [0, 0.1) is 10.1 Å². The summed E-state index contributed by atoms with van der Waals surface area (Å²) in [5.74, 6) is 0. The van der Waals surface area contributed by atoms with Gasteiger partial charge in [0.05, 0.1) is 16.3 Å². The molecule has 0 fully saturated rings. The lowest BCUT2D eigenvalue weighted by atomic mass is 10.2. The van der Waals surface area contributed by atoms with Crippen LogP contribution in [0.2, 0.25) is 0 Å². The molecule has 0 saturated carbocycles. The number of anilines is 2. The molecule has 0 amide bonds. The average Bonchev–Trinajstić information content (AvgIpc) is 2.21. The minimum absolute atomic E-state index is 0.0298. The summed E-state index contributed by atoms with van der Waals surface area (Å²) in [7, 11) is 0. The summed E-state index contributed by atoms with van der Waals surface area (Å²) in [4.78, 5) is 10.00. The SMILES string of the molecule is CC(CCO)Nc1ccc([N+](=O)[O-])cc1N. The molecule has 88 valence electrons. The van der Waals surface area contributed by atoms with Crippen LogP contribution in [0.5, 0.6) is 0 Å². The van der Waals surface area contributed by atoms with Crippen molar-refractivity contribution in [2.45, 2.75) is 19.4 Å². The number of aliphatic hydroxyl groups is 1. The Labute approximate surface area is 93.2 Å². The largest absolute Gasteiger partial charge is 0.397 e. The van der Waals surface area contributed by atoms with Gasteiger partial charge >= 0.3 is 0 Å². The average molecular weight is 225 g/mol. The third kappa shape index (κ3) is 3.09. The first kappa shape index (κ1) is 12.3. The molecule has 0 saturated heterocycles. The molecular formula is C10H15N3O3. The van der Waals surface area contributed by atoms with Gasteiger partial charge in [-0.2, -0.15) is 0 Å². The number of nitrogens with one attached hydrogen (secondary N) is 1. The molecule has 1 aromatic rings. The molecule has 4 N–H and O–H groups in total. The molecule has 0 aromatic heterocycles. The third-order valence-electron chi connectivity index (χ3n) is 2.21. The number of benzene rings is 1. The number of rotatable bonds is 5. The van der Waals surface area contributed by atoms with E-state index in [1.54, 1.807) is 6.07 Å². The zero-order chi connectivity index (χ0) is 12.1. The number of nitrogens with zero attached hydrogens (tertiary/aromatic N) is 1. The van der Waals surface area contributed by atoms with Gasteiger partial charge in [-0.15, -0.1) is 0 Å². The second kappa shape index (κ2) is 5.32. The van der Waals surface area contributed by atoms with Crippen molar-refractivity contribution in [2.75, 3.05) is 17.7 Å². The van der Waals surface area contributed by atoms with Gasteiger partial charge in [0, 0.05) is 24.8 Å². The van der Waals surface area contributed by atoms with Crippen molar-refractivity contribution < 1.29 is 10.0 Å². The number of nitrogen functional groups attached to an aromatic ring is 1. The quantitative estimate of drug-likeness (QED) is 0.399. The zero-order valence-corrected chi connectivity index (χ0v) is 9.01. The summed E-state index contributed by atoms with van der Waals surface area (Å²) in [5, 5.41) is 22.3. The van der Waals surface area contributed by atoms with Crippen LogP contribution in [0.25, 0.3) is 0 Å². The van der Waals surface area contributed by atoms with E-state index in [1.807, 2.05) is 6.92 Å². The van der Waals surface area contributed by atoms with Gasteiger partial charge in [0.2, 0.25) is 0 Å². The second-order valence-corrected chi connectivity index (χ2v) is 3.59. The van der Waals surface area contributed by atoms with Gasteiger partial charge < -0.3 is 16.2 Å². The maximum Gasteiger partial charge on any atom is 0.271 e. The van der Waals surface area contributed by atoms with Crippen LogP contribution in [0.3, 0.4) is 0 Å². The summed E-state index contributed by atoms with van der Waals surface area (Å²) in [6.07, 6.45) is 0.594. The van der Waals surface area contributed by atoms with Gasteiger partial charge in [0.1, 0.15) is 0 Å². The van der Waals surface area contributed by atoms with Crippen LogP contribution >= 0.6 is 0 Å². The number of nitro groups is 1. The maximum absolute atomic E-state index is 10.5. The van der Waals surface area contributed by atoms with E-state index in [9.17, 15) is 10.1 Å². The fourth-order valence-electron chi connectivity index (χ4n) is 1.33. The predicted molar refractivity (Wildman–Crippen MR) is 62.3 cm³/mol. The first-order chi connectivity index (χ1) is 7.54. The van der Waals surface area contributed by atoms with E-state index in [2.05, 4.69) is 5.32 Å². The molecule has 6 nitrogen and oxygen atoms in total. The van der Waals surface area contributed by atoms with Gasteiger partial charge in [0.25, 0.3) is 5.69 Å². The van der Waals surface area contributed by atoms with Crippen LogP contribution in [-0.2, 0) is 0 Å². The van der Waals surface area contributed by atoms with Crippen LogP contribution < -0.4 is 11.1 Å². The molecular weight excluding hydrogens is 210 g/mol. The van der Waals surface area contributed by atoms with Gasteiger partial charge in [-0.25, -0.2) is 0 Å². The lowest BCUT2D eigenvalue weighted by molar-refractivity contribution is -0.384. The number of nitro benzene ring substituents is 1. The Morgan fingerprint density at radius 3 is 2.81 bits per heavy atom. The van der Waals surface area contributed by atoms with E-state index < -0.39 is 4.92 Å². The first-order valence-electron chi connectivity index (χ1n) is 4.96. The Hall–Kier alpha value is -1.82. The molecule has 1 aromatic carbocycles. The summed E-state index contributed by atoms with van der Waals surface area (Å²) in [5.41, 5.74) is 6.62. The Morgan fingerprint density at radius 2 is 2.31 bits per heavy atom. The molecule has 0 bridgehead atoms. The Balaban J connectivity index is 2.79. The van der Waals surface area contributed by atoms with Gasteiger partial charge in [-0.1, -0.05) is 0 Å². The standard InChI is InChI=1S/C10H15N3O3/c1-7(4-5-14)12-10-3-2-8(13(15)16)6-9(10)11/h2-3,6-7,12,14H,4-5,11H2,1H3. The monoisotopic (exact) mass is 225 g/mol. The summed E-state index contributed by atoms with van der Waals surface area (Å²) >= 11 is 0. The molecule has 0 aliphatic heterocycles. The van der Waals surface area contributed by atoms with Crippen LogP contribution in [0.15, 0.2) is 18.2 Å². The molecule has 6 heteroatoms. The fraction of sp³-hybridized carbons (Fsp3) is 0.400. The number of aliphatic hydroxyl groups excluding tert-OH is 1. The summed E-state index contributed by atoms with van der Waals surface area (Å²) in [6.45, 7) is 1.98. The van der Waals surface area contributed by atoms with Crippen molar-refractivity contribution in [3.05, 3.63) is 28.3 Å². The number of nitrogens with two attached hydrogens (primary N) is 1. The van der Waals surface area contributed by atoms with Crippen molar-refractivity contribution in [3.63, 3.8) is 0 Å². The van der Waals surface area contributed by atoms with Crippen molar-refractivity contribution in [1.82, 2.24) is 0 Å². The smallest absolute Gasteiger partial charge is 0.271 e. The van der Waals surface area contributed by atoms with Crippen LogP contribution in [0.4, 0.5) is 17.1 Å². The highest BCUT2D eigenvalue weighted by atomic mass is 16.6. The minimum Gasteiger partial charge on any atom is -0.397 e. The predicted octanol–water partition coefficient (Wildman–Crippen LogP) is 1.36. The molecule has 16 heavy (non-hydrogen) atoms. The molecule has 0 aliphatic rings. The van der Waals surface area contributed by atoms with E-state index in [4.69, 9.17) is 10.8 Å². The minimum atomic E-state index is -0.489. The van der Waals surface area contributed by atoms with E-state index in [-0.39, 0.29) is 18.3 Å². The van der Waals surface area contributed by atoms with Gasteiger partial charge in [0.15, 0.2) is 0 Å². The Bertz CT molecular complexity index is 382. The first-order valence-corrected chi connectivity index (χ1v) is 4.96. The topological polar surface area (TPSA) is 101 Å². The molecule has 0 aliphatic carbocycles. The molecule has 1 atom stereocenters. The van der Waals surface area contributed by atoms with Crippen molar-refractivity contribution >= 4 is 17.1 Å². The molecule has 1 rings (SSSR count). The number of non-ortho nitro benzene ring substituents is 1. The van der Waals surface area contributed by atoms with Gasteiger partial charge in [-0.05, 0) is 19.4 Å². The lowest BCUT2D eigenvalue weighted by Gasteiger charge is -2.15. The molecule has 1 unspecified atom stereocenters. The van der Waals surface area contributed by atoms with Crippen LogP contribution in [-0.4, -0.2) is 22.7 Å². The lowest BCUT2D eigenvalue weighted by Crippen LogP contribution is -2.17. The number of hydrogen-bond donors (Lipinski definition) is 3. The van der Waals surface area contributed by atoms with Crippen molar-refractivity contribution in [3.8, 4) is 0 Å². The third-order valence-corrected chi connectivity index (χ3v) is 2.21. The zero-order valence-electron chi connectivity index (χ0n) is 9.01. The maximum atomic E-state index is 10.5.